The first-order valence-corrected chi connectivity index (χ1v) is 20.9. The Kier molecular flexibility index (Phi) is 14.7. The maximum atomic E-state index is 15.4. The summed E-state index contributed by atoms with van der Waals surface area (Å²) >= 11 is 0. The van der Waals surface area contributed by atoms with Gasteiger partial charge in [-0.25, -0.2) is 9.46 Å². The van der Waals surface area contributed by atoms with Crippen molar-refractivity contribution in [1.82, 2.24) is 14.2 Å². The molecule has 0 aliphatic carbocycles. The van der Waals surface area contributed by atoms with Gasteiger partial charge >= 0.3 is 5.69 Å². The number of methoxy groups -OCH3 is 2. The molecule has 59 heavy (non-hydrogen) atoms. The van der Waals surface area contributed by atoms with E-state index in [4.69, 9.17) is 28.0 Å². The lowest BCUT2D eigenvalue weighted by Crippen LogP contribution is -2.57. The fourth-order valence-corrected chi connectivity index (χ4v) is 9.34. The highest BCUT2D eigenvalue weighted by atomic mass is 31.2. The van der Waals surface area contributed by atoms with E-state index < -0.39 is 48.7 Å². The van der Waals surface area contributed by atoms with Gasteiger partial charge in [-0.1, -0.05) is 75.4 Å². The van der Waals surface area contributed by atoms with Crippen LogP contribution in [0.5, 0.6) is 11.5 Å². The van der Waals surface area contributed by atoms with Gasteiger partial charge in [0.2, 0.25) is 0 Å². The molecule has 13 nitrogen and oxygen atoms in total. The van der Waals surface area contributed by atoms with E-state index in [1.165, 1.54) is 10.8 Å². The van der Waals surface area contributed by atoms with Crippen LogP contribution in [0.3, 0.4) is 0 Å². The third-order valence-electron chi connectivity index (χ3n) is 10.4. The van der Waals surface area contributed by atoms with Crippen molar-refractivity contribution in [2.24, 2.45) is 5.41 Å². The van der Waals surface area contributed by atoms with Gasteiger partial charge < -0.3 is 28.0 Å². The van der Waals surface area contributed by atoms with Gasteiger partial charge in [-0.15, -0.1) is 0 Å². The Hall–Kier alpha value is -4.67. The van der Waals surface area contributed by atoms with Crippen molar-refractivity contribution in [3.63, 3.8) is 0 Å². The Morgan fingerprint density at radius 2 is 1.47 bits per heavy atom. The van der Waals surface area contributed by atoms with Gasteiger partial charge in [0, 0.05) is 35.7 Å². The molecule has 1 aromatic heterocycles. The van der Waals surface area contributed by atoms with Crippen LogP contribution in [0.15, 0.2) is 94.6 Å². The number of carbonyl (C=O) groups excluding carboxylic acids is 1. The van der Waals surface area contributed by atoms with Crippen molar-refractivity contribution < 1.29 is 32.8 Å². The van der Waals surface area contributed by atoms with E-state index in [-0.39, 0.29) is 49.5 Å². The predicted molar refractivity (Wildman–Crippen MR) is 226 cm³/mol. The first kappa shape index (κ1) is 45.4. The minimum Gasteiger partial charge on any atom is -0.497 e. The number of nitriles is 1. The average Bonchev–Trinajstić information content (AvgIpc) is 3.57. The Morgan fingerprint density at radius 3 is 1.97 bits per heavy atom. The Balaban J connectivity index is 1.78. The molecule has 0 radical (unpaired) electrons. The van der Waals surface area contributed by atoms with E-state index in [2.05, 4.69) is 15.7 Å². The first-order chi connectivity index (χ1) is 28.0. The summed E-state index contributed by atoms with van der Waals surface area (Å²) in [6, 6.07) is 26.9. The summed E-state index contributed by atoms with van der Waals surface area (Å²) in [5, 5.41) is 9.45. The molecular weight excluding hydrogens is 771 g/mol. The number of rotatable bonds is 18. The number of Topliss-reactive ketones (excluding diaryl/α,β-unsaturated/α-hetero) is 1. The standard InChI is InChI=1S/C45H57N4O9P/c1-30(2)49(31(3)4)59(56-26-14-25-46)58-38-27-39(48-28-32(5)40(50)47-42(48)52)57-44(38,41(51)43(6,7)8)29-55-45(33-15-12-11-13-16-33,34-17-21-36(53-9)22-18-34)35-19-23-37(54-10)24-20-35/h11-13,15-24,28,30-31,38-39H,14,26-27,29H2,1-10H3,(H,47,50,52)/t38-,39+,44+,59?/m0/s1. The normalized spacial score (nSPS) is 18.9. The number of aromatic nitrogens is 2. The molecule has 316 valence electrons. The van der Waals surface area contributed by atoms with Crippen molar-refractivity contribution in [3.8, 4) is 17.6 Å². The highest BCUT2D eigenvalue weighted by molar-refractivity contribution is 7.44. The van der Waals surface area contributed by atoms with E-state index in [0.29, 0.717) is 11.5 Å². The molecule has 1 aliphatic rings. The first-order valence-electron chi connectivity index (χ1n) is 19.8. The molecule has 5 rings (SSSR count). The zero-order chi connectivity index (χ0) is 43.1. The summed E-state index contributed by atoms with van der Waals surface area (Å²) in [5.41, 5.74) is -2.91. The molecule has 0 amide bonds. The van der Waals surface area contributed by atoms with Crippen molar-refractivity contribution in [2.45, 2.75) is 104 Å². The fourth-order valence-electron chi connectivity index (χ4n) is 7.56. The molecule has 1 aliphatic heterocycles. The number of hydrogen-bond acceptors (Lipinski definition) is 11. The van der Waals surface area contributed by atoms with Crippen molar-refractivity contribution in [3.05, 3.63) is 128 Å². The number of ether oxygens (including phenoxy) is 4. The Bertz CT molecular complexity index is 2120. The van der Waals surface area contributed by atoms with Gasteiger partial charge in [-0.3, -0.25) is 19.1 Å². The van der Waals surface area contributed by atoms with Crippen LogP contribution in [-0.4, -0.2) is 71.2 Å². The van der Waals surface area contributed by atoms with Crippen LogP contribution >= 0.6 is 8.53 Å². The number of aryl methyl sites for hydroxylation is 1. The lowest BCUT2D eigenvalue weighted by molar-refractivity contribution is -0.183. The highest BCUT2D eigenvalue weighted by Crippen LogP contribution is 2.54. The van der Waals surface area contributed by atoms with Crippen LogP contribution in [0, 0.1) is 23.7 Å². The van der Waals surface area contributed by atoms with Crippen LogP contribution in [0.4, 0.5) is 0 Å². The molecule has 0 saturated carbocycles. The van der Waals surface area contributed by atoms with E-state index in [9.17, 15) is 14.9 Å². The summed E-state index contributed by atoms with van der Waals surface area (Å²) in [7, 11) is 1.29. The zero-order valence-electron chi connectivity index (χ0n) is 35.7. The van der Waals surface area contributed by atoms with E-state index in [1.807, 2.05) is 107 Å². The zero-order valence-corrected chi connectivity index (χ0v) is 36.6. The molecule has 3 aromatic carbocycles. The van der Waals surface area contributed by atoms with Crippen LogP contribution < -0.4 is 20.7 Å². The Labute approximate surface area is 348 Å². The summed E-state index contributed by atoms with van der Waals surface area (Å²) < 4.78 is 42.3. The van der Waals surface area contributed by atoms with E-state index >= 15 is 4.79 Å². The second-order valence-corrected chi connectivity index (χ2v) is 17.6. The van der Waals surface area contributed by atoms with Gasteiger partial charge in [0.05, 0.1) is 39.9 Å². The lowest BCUT2D eigenvalue weighted by Gasteiger charge is -2.44. The average molecular weight is 829 g/mol. The van der Waals surface area contributed by atoms with Crippen LogP contribution in [-0.2, 0) is 28.9 Å². The summed E-state index contributed by atoms with van der Waals surface area (Å²) in [6.07, 6.45) is -0.531. The molecule has 1 fully saturated rings. The minimum atomic E-state index is -1.91. The van der Waals surface area contributed by atoms with Gasteiger partial charge in [-0.2, -0.15) is 5.26 Å². The second-order valence-electron chi connectivity index (χ2n) is 16.2. The summed E-state index contributed by atoms with van der Waals surface area (Å²) in [6.45, 7) is 14.9. The topological polar surface area (TPSA) is 154 Å². The fraction of sp³-hybridized carbons (Fsp3) is 0.467. The molecule has 0 spiro atoms. The number of nitrogens with one attached hydrogen (secondary N) is 1. The maximum absolute atomic E-state index is 15.4. The van der Waals surface area contributed by atoms with Crippen LogP contribution in [0.1, 0.15) is 89.8 Å². The number of H-pyrrole nitrogens is 1. The molecule has 2 heterocycles. The molecule has 1 N–H and O–H groups in total. The number of ketones is 1. The smallest absolute Gasteiger partial charge is 0.330 e. The molecule has 0 bridgehead atoms. The number of aromatic amines is 1. The number of hydrogen-bond donors (Lipinski definition) is 1. The second kappa shape index (κ2) is 19.1. The minimum absolute atomic E-state index is 0.0183. The van der Waals surface area contributed by atoms with Gasteiger partial charge in [0.25, 0.3) is 14.1 Å². The summed E-state index contributed by atoms with van der Waals surface area (Å²) in [4.78, 5) is 43.8. The summed E-state index contributed by atoms with van der Waals surface area (Å²) in [5.74, 6) is 0.962. The molecule has 1 unspecified atom stereocenters. The van der Waals surface area contributed by atoms with Gasteiger partial charge in [-0.05, 0) is 75.6 Å². The van der Waals surface area contributed by atoms with E-state index in [1.54, 1.807) is 41.9 Å². The van der Waals surface area contributed by atoms with Crippen molar-refractivity contribution in [2.75, 3.05) is 27.4 Å². The number of benzene rings is 3. The Morgan fingerprint density at radius 1 is 0.932 bits per heavy atom. The van der Waals surface area contributed by atoms with Crippen LogP contribution in [0.25, 0.3) is 0 Å². The monoisotopic (exact) mass is 828 g/mol. The number of carbonyl (C=O) groups is 1. The van der Waals surface area contributed by atoms with Crippen LogP contribution in [0.2, 0.25) is 0 Å². The molecule has 1 saturated heterocycles. The SMILES string of the molecule is COc1ccc(C(OC[C@@]2(C(=O)C(C)(C)C)O[C@@H](n3cc(C)c(=O)[nH]c3=O)C[C@@H]2OP(OCCC#N)N(C(C)C)C(C)C)(c2ccccc2)c2ccc(OC)cc2)cc1. The largest absolute Gasteiger partial charge is 0.497 e. The quantitative estimate of drug-likeness (QED) is 0.0594. The third-order valence-corrected chi connectivity index (χ3v) is 12.5. The van der Waals surface area contributed by atoms with Gasteiger partial charge in [0.1, 0.15) is 29.4 Å². The van der Waals surface area contributed by atoms with Crippen molar-refractivity contribution >= 4 is 14.3 Å². The van der Waals surface area contributed by atoms with Crippen molar-refractivity contribution in [1.29, 1.82) is 5.26 Å². The van der Waals surface area contributed by atoms with E-state index in [0.717, 1.165) is 16.7 Å². The predicted octanol–water partition coefficient (Wildman–Crippen LogP) is 7.81. The maximum Gasteiger partial charge on any atom is 0.330 e. The third kappa shape index (κ3) is 9.70. The highest BCUT2D eigenvalue weighted by Gasteiger charge is 2.60. The lowest BCUT2D eigenvalue weighted by atomic mass is 9.76. The van der Waals surface area contributed by atoms with Gasteiger partial charge in [0.15, 0.2) is 11.4 Å². The molecular formula is C45H57N4O9P. The number of nitrogens with zero attached hydrogens (tertiary/aromatic N) is 3. The molecule has 14 heteroatoms. The molecule has 4 aromatic rings. The molecule has 4 atom stereocenters.